The zero-order valence-corrected chi connectivity index (χ0v) is 49.4. The minimum absolute atomic E-state index is 0.0105. The SMILES string of the molecule is CCCC/C=C\CCCCCCCC(=O)OCCCCCCCCCCCCCCCCCCCCCCCCCCCCCCCCCCCC(=O)NC(CO)C(O)/C=C/CCCCCCCCCCCC. The lowest BCUT2D eigenvalue weighted by Crippen LogP contribution is -2.45. The number of carbonyl (C=O) groups is 2. The van der Waals surface area contributed by atoms with Crippen LogP contribution in [0.4, 0.5) is 0 Å². The van der Waals surface area contributed by atoms with E-state index in [1.165, 1.54) is 295 Å². The molecule has 0 aromatic carbocycles. The third kappa shape index (κ3) is 59.4. The van der Waals surface area contributed by atoms with Gasteiger partial charge in [0.1, 0.15) is 0 Å². The standard InChI is InChI=1S/C67H129NO5/c1-3-5-7-9-11-13-15-40-43-47-51-55-59-65(70)64(63-69)68-66(71)60-56-52-48-44-41-37-35-33-31-29-27-25-23-21-19-17-16-18-20-22-24-26-28-30-32-34-36-38-42-46-50-54-58-62-73-67(72)61-57-53-49-45-39-14-12-10-8-6-4-2/h10,12,55,59,64-65,69-70H,3-9,11,13-54,56-58,60-63H2,1-2H3,(H,68,71)/b12-10-,59-55+. The van der Waals surface area contributed by atoms with Crippen molar-refractivity contribution in [3.05, 3.63) is 24.3 Å². The number of carbonyl (C=O) groups excluding carboxylic acids is 2. The quantitative estimate of drug-likeness (QED) is 0.0320. The molecule has 1 amide bonds. The molecule has 0 radical (unpaired) electrons. The molecule has 2 unspecified atom stereocenters. The number of ether oxygens (including phenoxy) is 1. The van der Waals surface area contributed by atoms with Crippen molar-refractivity contribution in [1.82, 2.24) is 5.32 Å². The van der Waals surface area contributed by atoms with Gasteiger partial charge in [0.2, 0.25) is 5.91 Å². The van der Waals surface area contributed by atoms with Gasteiger partial charge in [0.05, 0.1) is 25.4 Å². The predicted molar refractivity (Wildman–Crippen MR) is 320 cm³/mol. The molecular weight excluding hydrogens is 899 g/mol. The van der Waals surface area contributed by atoms with Crippen LogP contribution in [0.1, 0.15) is 367 Å². The van der Waals surface area contributed by atoms with Crippen LogP contribution >= 0.6 is 0 Å². The maximum absolute atomic E-state index is 12.4. The molecule has 0 aromatic heterocycles. The molecule has 0 aliphatic rings. The molecule has 6 heteroatoms. The molecule has 0 heterocycles. The highest BCUT2D eigenvalue weighted by Crippen LogP contribution is 2.18. The van der Waals surface area contributed by atoms with E-state index in [0.29, 0.717) is 19.4 Å². The highest BCUT2D eigenvalue weighted by Gasteiger charge is 2.18. The average Bonchev–Trinajstić information content (AvgIpc) is 3.39. The number of amides is 1. The third-order valence-corrected chi connectivity index (χ3v) is 15.5. The van der Waals surface area contributed by atoms with Gasteiger partial charge in [0.25, 0.3) is 0 Å². The first kappa shape index (κ1) is 71.3. The summed E-state index contributed by atoms with van der Waals surface area (Å²) >= 11 is 0. The van der Waals surface area contributed by atoms with Crippen LogP contribution < -0.4 is 5.32 Å². The van der Waals surface area contributed by atoms with E-state index in [0.717, 1.165) is 44.9 Å². The molecule has 0 spiro atoms. The highest BCUT2D eigenvalue weighted by molar-refractivity contribution is 5.76. The van der Waals surface area contributed by atoms with Crippen molar-refractivity contribution in [2.24, 2.45) is 0 Å². The van der Waals surface area contributed by atoms with Crippen molar-refractivity contribution in [3.63, 3.8) is 0 Å². The fourth-order valence-corrected chi connectivity index (χ4v) is 10.4. The predicted octanol–water partition coefficient (Wildman–Crippen LogP) is 21.0. The van der Waals surface area contributed by atoms with Crippen LogP contribution in [0.15, 0.2) is 24.3 Å². The van der Waals surface area contributed by atoms with Crippen molar-refractivity contribution >= 4 is 11.9 Å². The Kier molecular flexibility index (Phi) is 61.4. The van der Waals surface area contributed by atoms with E-state index in [1.54, 1.807) is 6.08 Å². The number of allylic oxidation sites excluding steroid dienone is 3. The summed E-state index contributed by atoms with van der Waals surface area (Å²) < 4.78 is 5.47. The van der Waals surface area contributed by atoms with E-state index in [-0.39, 0.29) is 18.5 Å². The van der Waals surface area contributed by atoms with Gasteiger partial charge < -0.3 is 20.3 Å². The second-order valence-corrected chi connectivity index (χ2v) is 22.8. The van der Waals surface area contributed by atoms with Crippen molar-refractivity contribution < 1.29 is 24.5 Å². The Labute approximate surface area is 456 Å². The van der Waals surface area contributed by atoms with Crippen molar-refractivity contribution in [1.29, 1.82) is 0 Å². The molecule has 3 N–H and O–H groups in total. The van der Waals surface area contributed by atoms with Gasteiger partial charge in [-0.3, -0.25) is 9.59 Å². The van der Waals surface area contributed by atoms with Crippen LogP contribution in [0, 0.1) is 0 Å². The van der Waals surface area contributed by atoms with E-state index < -0.39 is 12.1 Å². The monoisotopic (exact) mass is 1030 g/mol. The van der Waals surface area contributed by atoms with Crippen LogP contribution in [0.3, 0.4) is 0 Å². The summed E-state index contributed by atoms with van der Waals surface area (Å²) in [4.78, 5) is 24.4. The van der Waals surface area contributed by atoms with E-state index in [4.69, 9.17) is 4.74 Å². The largest absolute Gasteiger partial charge is 0.466 e. The van der Waals surface area contributed by atoms with Gasteiger partial charge in [0.15, 0.2) is 0 Å². The number of unbranched alkanes of at least 4 members (excludes halogenated alkanes) is 49. The lowest BCUT2D eigenvalue weighted by molar-refractivity contribution is -0.143. The van der Waals surface area contributed by atoms with E-state index >= 15 is 0 Å². The van der Waals surface area contributed by atoms with Crippen LogP contribution in [0.5, 0.6) is 0 Å². The molecular formula is C67H129NO5. The molecule has 0 bridgehead atoms. The summed E-state index contributed by atoms with van der Waals surface area (Å²) in [5.41, 5.74) is 0. The Morgan fingerprint density at radius 3 is 1.01 bits per heavy atom. The fraction of sp³-hybridized carbons (Fsp3) is 0.910. The fourth-order valence-electron chi connectivity index (χ4n) is 10.4. The zero-order chi connectivity index (χ0) is 52.9. The summed E-state index contributed by atoms with van der Waals surface area (Å²) in [5.74, 6) is -0.0519. The zero-order valence-electron chi connectivity index (χ0n) is 49.4. The molecule has 0 aromatic rings. The minimum Gasteiger partial charge on any atom is -0.466 e. The summed E-state index contributed by atoms with van der Waals surface area (Å²) in [5, 5.41) is 23.1. The Bertz CT molecular complexity index is 1140. The summed E-state index contributed by atoms with van der Waals surface area (Å²) in [6.45, 7) is 4.88. The van der Waals surface area contributed by atoms with Gasteiger partial charge in [-0.15, -0.1) is 0 Å². The topological polar surface area (TPSA) is 95.9 Å². The number of rotatable bonds is 62. The Balaban J connectivity index is 3.31. The second-order valence-electron chi connectivity index (χ2n) is 22.8. The summed E-state index contributed by atoms with van der Waals surface area (Å²) in [6, 6.07) is -0.622. The summed E-state index contributed by atoms with van der Waals surface area (Å²) in [6.07, 6.45) is 78.3. The smallest absolute Gasteiger partial charge is 0.305 e. The van der Waals surface area contributed by atoms with E-state index in [1.807, 2.05) is 6.08 Å². The molecule has 0 rings (SSSR count). The molecule has 73 heavy (non-hydrogen) atoms. The Hall–Kier alpha value is -1.66. The molecule has 0 aliphatic heterocycles. The molecule has 6 nitrogen and oxygen atoms in total. The first-order valence-electron chi connectivity index (χ1n) is 33.1. The Morgan fingerprint density at radius 2 is 0.658 bits per heavy atom. The molecule has 432 valence electrons. The normalized spacial score (nSPS) is 12.7. The number of aliphatic hydroxyl groups is 2. The average molecular weight is 1030 g/mol. The van der Waals surface area contributed by atoms with Crippen LogP contribution in [-0.4, -0.2) is 47.4 Å². The van der Waals surface area contributed by atoms with Gasteiger partial charge in [-0.05, 0) is 51.4 Å². The van der Waals surface area contributed by atoms with Gasteiger partial charge in [-0.1, -0.05) is 327 Å². The first-order chi connectivity index (χ1) is 36.0. The molecule has 0 fully saturated rings. The Morgan fingerprint density at radius 1 is 0.370 bits per heavy atom. The summed E-state index contributed by atoms with van der Waals surface area (Å²) in [7, 11) is 0. The first-order valence-corrected chi connectivity index (χ1v) is 33.1. The maximum Gasteiger partial charge on any atom is 0.305 e. The molecule has 0 saturated carbocycles. The minimum atomic E-state index is -0.839. The van der Waals surface area contributed by atoms with E-state index in [9.17, 15) is 19.8 Å². The molecule has 0 saturated heterocycles. The van der Waals surface area contributed by atoms with Crippen molar-refractivity contribution in [2.45, 2.75) is 379 Å². The van der Waals surface area contributed by atoms with Crippen molar-refractivity contribution in [2.75, 3.05) is 13.2 Å². The number of nitrogens with one attached hydrogen (secondary N) is 1. The van der Waals surface area contributed by atoms with Crippen LogP contribution in [0.2, 0.25) is 0 Å². The van der Waals surface area contributed by atoms with E-state index in [2.05, 4.69) is 31.3 Å². The number of esters is 1. The number of aliphatic hydroxyl groups excluding tert-OH is 2. The second kappa shape index (κ2) is 62.9. The van der Waals surface area contributed by atoms with Crippen LogP contribution in [0.25, 0.3) is 0 Å². The van der Waals surface area contributed by atoms with Gasteiger partial charge in [-0.2, -0.15) is 0 Å². The molecule has 2 atom stereocenters. The highest BCUT2D eigenvalue weighted by atomic mass is 16.5. The third-order valence-electron chi connectivity index (χ3n) is 15.5. The van der Waals surface area contributed by atoms with Gasteiger partial charge in [0, 0.05) is 12.8 Å². The lowest BCUT2D eigenvalue weighted by Gasteiger charge is -2.20. The maximum atomic E-state index is 12.4. The van der Waals surface area contributed by atoms with Crippen molar-refractivity contribution in [3.8, 4) is 0 Å². The lowest BCUT2D eigenvalue weighted by atomic mass is 10.0. The van der Waals surface area contributed by atoms with Gasteiger partial charge >= 0.3 is 5.97 Å². The number of hydrogen-bond donors (Lipinski definition) is 3. The van der Waals surface area contributed by atoms with Crippen LogP contribution in [-0.2, 0) is 14.3 Å². The van der Waals surface area contributed by atoms with Gasteiger partial charge in [-0.25, -0.2) is 0 Å². The molecule has 0 aliphatic carbocycles. The number of hydrogen-bond acceptors (Lipinski definition) is 5.